The molecule has 0 atom stereocenters. The number of benzene rings is 1. The number of likely N-dealkylation sites (N-methyl/N-ethyl adjacent to an activating group) is 1. The smallest absolute Gasteiger partial charge is 0.160 e. The molecule has 1 saturated heterocycles. The summed E-state index contributed by atoms with van der Waals surface area (Å²) in [6, 6.07) is 10.7. The molecule has 0 unspecified atom stereocenters. The fraction of sp³-hybridized carbons (Fsp3) is 0.303. The summed E-state index contributed by atoms with van der Waals surface area (Å²) in [4.78, 5) is 26.3. The zero-order valence-electron chi connectivity index (χ0n) is 25.3. The highest BCUT2D eigenvalue weighted by atomic mass is 19.1. The van der Waals surface area contributed by atoms with Crippen LogP contribution in [0, 0.1) is 5.82 Å². The molecule has 0 radical (unpaired) electrons. The summed E-state index contributed by atoms with van der Waals surface area (Å²) in [7, 11) is 4.01. The van der Waals surface area contributed by atoms with Crippen LogP contribution in [0.25, 0.3) is 56.0 Å². The molecule has 3 N–H and O–H groups in total. The van der Waals surface area contributed by atoms with Crippen LogP contribution < -0.4 is 10.1 Å². The van der Waals surface area contributed by atoms with Crippen molar-refractivity contribution in [2.75, 3.05) is 58.7 Å². The molecule has 230 valence electrons. The third kappa shape index (κ3) is 6.33. The number of nitrogens with one attached hydrogen (secondary N) is 3. The highest BCUT2D eigenvalue weighted by molar-refractivity contribution is 5.97. The number of anilines is 1. The summed E-state index contributed by atoms with van der Waals surface area (Å²) >= 11 is 0. The van der Waals surface area contributed by atoms with Gasteiger partial charge in [0.25, 0.3) is 0 Å². The number of ether oxygens (including phenoxy) is 1. The largest absolute Gasteiger partial charge is 0.491 e. The Hall–Kier alpha value is -4.94. The second kappa shape index (κ2) is 12.6. The summed E-state index contributed by atoms with van der Waals surface area (Å²) in [5, 5.41) is 11.8. The van der Waals surface area contributed by atoms with E-state index in [1.54, 1.807) is 24.8 Å². The SMILES string of the molecule is CN(C)CCNc1cc(F)cc(-c2ccnc3[nH]c(-c4n[nH]c5cnc(-c6cncc(OCCN7CCCC7)c6)cc45)nc23)c1. The third-order valence-corrected chi connectivity index (χ3v) is 8.04. The van der Waals surface area contributed by atoms with E-state index in [9.17, 15) is 4.39 Å². The molecule has 1 aliphatic rings. The molecule has 0 saturated carbocycles. The Labute approximate surface area is 259 Å². The van der Waals surface area contributed by atoms with Crippen molar-refractivity contribution in [3.05, 3.63) is 67.0 Å². The Kier molecular flexibility index (Phi) is 8.05. The maximum atomic E-state index is 14.7. The number of likely N-dealkylation sites (tertiary alicyclic amines) is 1. The van der Waals surface area contributed by atoms with Gasteiger partial charge in [0.15, 0.2) is 11.5 Å². The molecule has 6 heterocycles. The van der Waals surface area contributed by atoms with Gasteiger partial charge in [-0.2, -0.15) is 5.10 Å². The van der Waals surface area contributed by atoms with Gasteiger partial charge in [0.05, 0.1) is 23.6 Å². The number of hydrogen-bond acceptors (Lipinski definition) is 9. The van der Waals surface area contributed by atoms with E-state index in [2.05, 4.69) is 45.2 Å². The van der Waals surface area contributed by atoms with E-state index >= 15 is 0 Å². The zero-order chi connectivity index (χ0) is 30.8. The van der Waals surface area contributed by atoms with Crippen molar-refractivity contribution >= 4 is 27.8 Å². The van der Waals surface area contributed by atoms with Crippen LogP contribution in [0.4, 0.5) is 10.1 Å². The molecule has 1 aliphatic heterocycles. The lowest BCUT2D eigenvalue weighted by Crippen LogP contribution is -2.25. The van der Waals surface area contributed by atoms with Gasteiger partial charge in [-0.3, -0.25) is 20.0 Å². The van der Waals surface area contributed by atoms with Gasteiger partial charge in [0, 0.05) is 54.2 Å². The second-order valence-electron chi connectivity index (χ2n) is 11.6. The molecule has 45 heavy (non-hydrogen) atoms. The fourth-order valence-corrected chi connectivity index (χ4v) is 5.72. The molecule has 12 heteroatoms. The first-order valence-electron chi connectivity index (χ1n) is 15.2. The van der Waals surface area contributed by atoms with Crippen LogP contribution >= 0.6 is 0 Å². The fourth-order valence-electron chi connectivity index (χ4n) is 5.72. The van der Waals surface area contributed by atoms with Gasteiger partial charge in [0.1, 0.15) is 29.4 Å². The molecule has 0 bridgehead atoms. The van der Waals surface area contributed by atoms with E-state index in [1.165, 1.54) is 25.0 Å². The number of nitrogens with zero attached hydrogens (tertiary/aromatic N) is 7. The van der Waals surface area contributed by atoms with E-state index in [4.69, 9.17) is 9.72 Å². The molecule has 1 aromatic carbocycles. The van der Waals surface area contributed by atoms with Crippen LogP contribution in [-0.4, -0.2) is 98.3 Å². The van der Waals surface area contributed by atoms with Gasteiger partial charge in [-0.05, 0) is 82.0 Å². The first kappa shape index (κ1) is 28.8. The van der Waals surface area contributed by atoms with Gasteiger partial charge >= 0.3 is 0 Å². The Morgan fingerprint density at radius 3 is 2.78 bits per heavy atom. The molecule has 5 aromatic heterocycles. The summed E-state index contributed by atoms with van der Waals surface area (Å²) < 4.78 is 20.7. The predicted octanol–water partition coefficient (Wildman–Crippen LogP) is 5.21. The van der Waals surface area contributed by atoms with Crippen molar-refractivity contribution in [3.63, 3.8) is 0 Å². The molecule has 1 fully saturated rings. The van der Waals surface area contributed by atoms with Crippen molar-refractivity contribution < 1.29 is 9.13 Å². The molecule has 11 nitrogen and oxygen atoms in total. The standard InChI is InChI=1S/C33H35FN10O/c1-43(2)10-7-36-24-14-21(13-23(34)16-24)26-5-6-37-32-30(26)39-33(40-32)31-27-17-28(38-20-29(27)41-42-31)22-15-25(19-35-18-22)45-12-11-44-8-3-4-9-44/h5-6,13-20,36H,3-4,7-12H2,1-2H3,(H,41,42)(H,37,39,40). The van der Waals surface area contributed by atoms with Crippen LogP contribution in [0.2, 0.25) is 0 Å². The lowest BCUT2D eigenvalue weighted by molar-refractivity contribution is 0.237. The highest BCUT2D eigenvalue weighted by Crippen LogP contribution is 2.33. The number of halogens is 1. The molecule has 0 amide bonds. The quantitative estimate of drug-likeness (QED) is 0.182. The Bertz CT molecular complexity index is 1950. The minimum atomic E-state index is -0.325. The van der Waals surface area contributed by atoms with E-state index in [1.807, 2.05) is 38.4 Å². The number of pyridine rings is 3. The predicted molar refractivity (Wildman–Crippen MR) is 174 cm³/mol. The lowest BCUT2D eigenvalue weighted by Gasteiger charge is -2.15. The van der Waals surface area contributed by atoms with E-state index in [0.717, 1.165) is 53.9 Å². The maximum Gasteiger partial charge on any atom is 0.160 e. The van der Waals surface area contributed by atoms with Gasteiger partial charge in [0.2, 0.25) is 0 Å². The average molecular weight is 607 g/mol. The number of H-pyrrole nitrogens is 2. The highest BCUT2D eigenvalue weighted by Gasteiger charge is 2.18. The van der Waals surface area contributed by atoms with Crippen LogP contribution in [0.5, 0.6) is 5.75 Å². The van der Waals surface area contributed by atoms with Crippen molar-refractivity contribution in [1.29, 1.82) is 0 Å². The summed E-state index contributed by atoms with van der Waals surface area (Å²) in [6.45, 7) is 5.34. The topological polar surface area (TPSA) is 124 Å². The number of hydrogen-bond donors (Lipinski definition) is 3. The Morgan fingerprint density at radius 1 is 1.02 bits per heavy atom. The van der Waals surface area contributed by atoms with Crippen molar-refractivity contribution in [2.24, 2.45) is 0 Å². The van der Waals surface area contributed by atoms with Crippen LogP contribution in [-0.2, 0) is 0 Å². The number of aromatic nitrogens is 7. The summed E-state index contributed by atoms with van der Waals surface area (Å²) in [6.07, 6.45) is 9.48. The average Bonchev–Trinajstić information content (AvgIpc) is 3.80. The third-order valence-electron chi connectivity index (χ3n) is 8.04. The second-order valence-corrected chi connectivity index (χ2v) is 11.6. The molecular weight excluding hydrogens is 571 g/mol. The monoisotopic (exact) mass is 606 g/mol. The van der Waals surface area contributed by atoms with Crippen molar-refractivity contribution in [2.45, 2.75) is 12.8 Å². The number of aromatic amines is 2. The van der Waals surface area contributed by atoms with Gasteiger partial charge in [-0.15, -0.1) is 0 Å². The van der Waals surface area contributed by atoms with Gasteiger partial charge in [-0.1, -0.05) is 0 Å². The van der Waals surface area contributed by atoms with Crippen LogP contribution in [0.1, 0.15) is 12.8 Å². The Balaban J connectivity index is 1.17. The van der Waals surface area contributed by atoms with Gasteiger partial charge < -0.3 is 19.9 Å². The molecule has 7 rings (SSSR count). The molecule has 6 aromatic rings. The lowest BCUT2D eigenvalue weighted by atomic mass is 10.0. The van der Waals surface area contributed by atoms with Gasteiger partial charge in [-0.25, -0.2) is 14.4 Å². The van der Waals surface area contributed by atoms with E-state index in [-0.39, 0.29) is 5.82 Å². The van der Waals surface area contributed by atoms with Crippen molar-refractivity contribution in [1.82, 2.24) is 44.9 Å². The van der Waals surface area contributed by atoms with Crippen LogP contribution in [0.15, 0.2) is 61.2 Å². The number of fused-ring (bicyclic) bond motifs is 2. The maximum absolute atomic E-state index is 14.7. The summed E-state index contributed by atoms with van der Waals surface area (Å²) in [5.41, 5.74) is 6.40. The first-order valence-corrected chi connectivity index (χ1v) is 15.2. The number of imidazole rings is 1. The summed E-state index contributed by atoms with van der Waals surface area (Å²) in [5.74, 6) is 0.936. The number of rotatable bonds is 11. The molecule has 0 spiro atoms. The molecule has 0 aliphatic carbocycles. The van der Waals surface area contributed by atoms with E-state index < -0.39 is 0 Å². The first-order chi connectivity index (χ1) is 22.0. The zero-order valence-corrected chi connectivity index (χ0v) is 25.3. The van der Waals surface area contributed by atoms with Crippen molar-refractivity contribution in [3.8, 4) is 39.7 Å². The van der Waals surface area contributed by atoms with Crippen LogP contribution in [0.3, 0.4) is 0 Å². The molecular formula is C33H35FN10O. The normalized spacial score (nSPS) is 13.8. The minimum Gasteiger partial charge on any atom is -0.491 e. The Morgan fingerprint density at radius 2 is 1.91 bits per heavy atom. The minimum absolute atomic E-state index is 0.325. The van der Waals surface area contributed by atoms with E-state index in [0.29, 0.717) is 52.8 Å².